The molecule has 1 unspecified atom stereocenters. The van der Waals surface area contributed by atoms with Crippen molar-refractivity contribution in [3.05, 3.63) is 0 Å². The largest absolute Gasteiger partial charge is 0.319 e. The molecule has 70 valence electrons. The summed E-state index contributed by atoms with van der Waals surface area (Å²) in [6.45, 7) is 3.87. The first-order valence-electron chi connectivity index (χ1n) is 4.67. The van der Waals surface area contributed by atoms with Gasteiger partial charge in [-0.1, -0.05) is 0 Å². The maximum Gasteiger partial charge on any atom is 0.133 e. The molecule has 0 spiro atoms. The van der Waals surface area contributed by atoms with Gasteiger partial charge in [0.15, 0.2) is 0 Å². The molecule has 1 aliphatic rings. The Kier molecular flexibility index (Phi) is 4.25. The van der Waals surface area contributed by atoms with Crippen LogP contribution in [0.25, 0.3) is 0 Å². The molecule has 3 heteroatoms. The Labute approximate surface area is 74.1 Å². The first-order valence-corrected chi connectivity index (χ1v) is 4.67. The zero-order valence-corrected chi connectivity index (χ0v) is 7.75. The van der Waals surface area contributed by atoms with Gasteiger partial charge in [0, 0.05) is 6.54 Å². The highest BCUT2D eigenvalue weighted by molar-refractivity contribution is 5.51. The number of rotatable bonds is 4. The molecule has 12 heavy (non-hydrogen) atoms. The Morgan fingerprint density at radius 3 is 3.17 bits per heavy atom. The van der Waals surface area contributed by atoms with E-state index in [0.29, 0.717) is 6.54 Å². The summed E-state index contributed by atoms with van der Waals surface area (Å²) in [5.41, 5.74) is 0. The standard InChI is InChI=1S/C9H18N2O/c1-10-7-9-3-2-4-11(8-9)5-6-12/h6,9-10H,2-5,7-8H2,1H3. The van der Waals surface area contributed by atoms with E-state index in [1.807, 2.05) is 7.05 Å². The minimum Gasteiger partial charge on any atom is -0.319 e. The third kappa shape index (κ3) is 2.91. The Morgan fingerprint density at radius 1 is 1.67 bits per heavy atom. The zero-order valence-electron chi connectivity index (χ0n) is 7.75. The minimum atomic E-state index is 0.611. The van der Waals surface area contributed by atoms with Gasteiger partial charge in [0.2, 0.25) is 0 Å². The summed E-state index contributed by atoms with van der Waals surface area (Å²) in [4.78, 5) is 12.5. The maximum atomic E-state index is 10.3. The van der Waals surface area contributed by atoms with Crippen molar-refractivity contribution in [2.24, 2.45) is 5.92 Å². The smallest absolute Gasteiger partial charge is 0.133 e. The van der Waals surface area contributed by atoms with E-state index in [9.17, 15) is 4.79 Å². The zero-order chi connectivity index (χ0) is 8.81. The molecule has 0 aromatic heterocycles. The number of carbonyl (C=O) groups excluding carboxylic acids is 1. The number of carbonyl (C=O) groups is 1. The Balaban J connectivity index is 2.24. The Morgan fingerprint density at radius 2 is 2.50 bits per heavy atom. The van der Waals surface area contributed by atoms with Crippen LogP contribution in [0.3, 0.4) is 0 Å². The molecule has 1 saturated heterocycles. The summed E-state index contributed by atoms with van der Waals surface area (Å²) in [7, 11) is 1.98. The maximum absolute atomic E-state index is 10.3. The average molecular weight is 170 g/mol. The number of nitrogens with zero attached hydrogens (tertiary/aromatic N) is 1. The molecule has 0 amide bonds. The van der Waals surface area contributed by atoms with Crippen LogP contribution in [-0.2, 0) is 4.79 Å². The van der Waals surface area contributed by atoms with Crippen molar-refractivity contribution >= 4 is 6.29 Å². The van der Waals surface area contributed by atoms with Gasteiger partial charge >= 0.3 is 0 Å². The van der Waals surface area contributed by atoms with Gasteiger partial charge in [-0.2, -0.15) is 0 Å². The summed E-state index contributed by atoms with van der Waals surface area (Å²) >= 11 is 0. The van der Waals surface area contributed by atoms with Crippen LogP contribution in [0.1, 0.15) is 12.8 Å². The molecule has 1 atom stereocenters. The molecule has 0 aromatic rings. The van der Waals surface area contributed by atoms with Gasteiger partial charge < -0.3 is 10.1 Å². The second-order valence-corrected chi connectivity index (χ2v) is 3.49. The van der Waals surface area contributed by atoms with Crippen LogP contribution in [0.15, 0.2) is 0 Å². The number of nitrogens with one attached hydrogen (secondary N) is 1. The van der Waals surface area contributed by atoms with E-state index in [2.05, 4.69) is 10.2 Å². The molecule has 0 bridgehead atoms. The summed E-state index contributed by atoms with van der Waals surface area (Å²) in [6.07, 6.45) is 3.54. The molecule has 1 rings (SSSR count). The van der Waals surface area contributed by atoms with Crippen LogP contribution in [0.4, 0.5) is 0 Å². The van der Waals surface area contributed by atoms with Crippen LogP contribution < -0.4 is 5.32 Å². The molecule has 0 saturated carbocycles. The predicted molar refractivity (Wildman–Crippen MR) is 49.2 cm³/mol. The van der Waals surface area contributed by atoms with Crippen molar-refractivity contribution in [1.82, 2.24) is 10.2 Å². The number of piperidine rings is 1. The topological polar surface area (TPSA) is 32.3 Å². The van der Waals surface area contributed by atoms with Crippen molar-refractivity contribution in [3.8, 4) is 0 Å². The SMILES string of the molecule is CNCC1CCCN(CC=O)C1. The van der Waals surface area contributed by atoms with Crippen LogP contribution in [0.5, 0.6) is 0 Å². The van der Waals surface area contributed by atoms with Crippen molar-refractivity contribution in [1.29, 1.82) is 0 Å². The number of hydrogen-bond acceptors (Lipinski definition) is 3. The van der Waals surface area contributed by atoms with Crippen molar-refractivity contribution in [2.45, 2.75) is 12.8 Å². The normalized spacial score (nSPS) is 25.6. The third-order valence-corrected chi connectivity index (χ3v) is 2.43. The van der Waals surface area contributed by atoms with Gasteiger partial charge in [-0.25, -0.2) is 0 Å². The lowest BCUT2D eigenvalue weighted by Gasteiger charge is -2.31. The van der Waals surface area contributed by atoms with Gasteiger partial charge in [-0.3, -0.25) is 4.90 Å². The lowest BCUT2D eigenvalue weighted by molar-refractivity contribution is -0.109. The minimum absolute atomic E-state index is 0.611. The Hall–Kier alpha value is -0.410. The summed E-state index contributed by atoms with van der Waals surface area (Å²) in [5.74, 6) is 0.740. The van der Waals surface area contributed by atoms with Gasteiger partial charge in [-0.05, 0) is 38.9 Å². The van der Waals surface area contributed by atoms with Crippen LogP contribution in [0, 0.1) is 5.92 Å². The molecular formula is C9H18N2O. The Bertz CT molecular complexity index is 136. The monoisotopic (exact) mass is 170 g/mol. The fourth-order valence-corrected chi connectivity index (χ4v) is 1.88. The van der Waals surface area contributed by atoms with E-state index in [1.165, 1.54) is 12.8 Å². The summed E-state index contributed by atoms with van der Waals surface area (Å²) in [6, 6.07) is 0. The molecule has 0 aliphatic carbocycles. The molecule has 1 N–H and O–H groups in total. The lowest BCUT2D eigenvalue weighted by Crippen LogP contribution is -2.39. The van der Waals surface area contributed by atoms with E-state index < -0.39 is 0 Å². The van der Waals surface area contributed by atoms with Gasteiger partial charge in [-0.15, -0.1) is 0 Å². The van der Waals surface area contributed by atoms with Crippen molar-refractivity contribution < 1.29 is 4.79 Å². The van der Waals surface area contributed by atoms with E-state index in [4.69, 9.17) is 0 Å². The van der Waals surface area contributed by atoms with E-state index in [1.54, 1.807) is 0 Å². The molecule has 3 nitrogen and oxygen atoms in total. The van der Waals surface area contributed by atoms with Crippen molar-refractivity contribution in [3.63, 3.8) is 0 Å². The second kappa shape index (κ2) is 5.27. The molecule has 1 aliphatic heterocycles. The molecule has 0 aromatic carbocycles. The average Bonchev–Trinajstić information content (AvgIpc) is 2.06. The predicted octanol–water partition coefficient (Wildman–Crippen LogP) is 0.117. The first-order chi connectivity index (χ1) is 5.86. The van der Waals surface area contributed by atoms with E-state index in [-0.39, 0.29) is 0 Å². The molecule has 0 radical (unpaired) electrons. The molecule has 1 fully saturated rings. The molecular weight excluding hydrogens is 152 g/mol. The fraction of sp³-hybridized carbons (Fsp3) is 0.889. The quantitative estimate of drug-likeness (QED) is 0.608. The molecule has 1 heterocycles. The van der Waals surface area contributed by atoms with Gasteiger partial charge in [0.05, 0.1) is 6.54 Å². The number of aldehydes is 1. The summed E-state index contributed by atoms with van der Waals surface area (Å²) < 4.78 is 0. The van der Waals surface area contributed by atoms with Gasteiger partial charge in [0.25, 0.3) is 0 Å². The number of likely N-dealkylation sites (tertiary alicyclic amines) is 1. The van der Waals surface area contributed by atoms with Crippen LogP contribution in [-0.4, -0.2) is 44.4 Å². The second-order valence-electron chi connectivity index (χ2n) is 3.49. The highest BCUT2D eigenvalue weighted by Gasteiger charge is 2.18. The van der Waals surface area contributed by atoms with Crippen LogP contribution in [0.2, 0.25) is 0 Å². The summed E-state index contributed by atoms with van der Waals surface area (Å²) in [5, 5.41) is 3.19. The van der Waals surface area contributed by atoms with Crippen LogP contribution >= 0.6 is 0 Å². The highest BCUT2D eigenvalue weighted by Crippen LogP contribution is 2.14. The lowest BCUT2D eigenvalue weighted by atomic mass is 9.98. The highest BCUT2D eigenvalue weighted by atomic mass is 16.1. The van der Waals surface area contributed by atoms with Gasteiger partial charge in [0.1, 0.15) is 6.29 Å². The first kappa shape index (κ1) is 9.68. The van der Waals surface area contributed by atoms with E-state index in [0.717, 1.165) is 31.8 Å². The number of hydrogen-bond donors (Lipinski definition) is 1. The fourth-order valence-electron chi connectivity index (χ4n) is 1.88. The third-order valence-electron chi connectivity index (χ3n) is 2.43. The van der Waals surface area contributed by atoms with E-state index >= 15 is 0 Å². The van der Waals surface area contributed by atoms with Crippen molar-refractivity contribution in [2.75, 3.05) is 33.2 Å².